The normalized spacial score (nSPS) is 11.7. The molecule has 130 valence electrons. The van der Waals surface area contributed by atoms with E-state index in [0.29, 0.717) is 23.6 Å². The number of phenols is 1. The molecule has 0 aliphatic carbocycles. The number of hydrogen-bond acceptors (Lipinski definition) is 6. The Kier molecular flexibility index (Phi) is 4.87. The van der Waals surface area contributed by atoms with Gasteiger partial charge in [-0.3, -0.25) is 4.98 Å². The van der Waals surface area contributed by atoms with Crippen LogP contribution >= 0.6 is 15.9 Å². The molecule has 3 aromatic rings. The van der Waals surface area contributed by atoms with E-state index in [1.807, 2.05) is 32.0 Å². The van der Waals surface area contributed by atoms with Gasteiger partial charge in [0.1, 0.15) is 11.4 Å². The second kappa shape index (κ2) is 6.93. The lowest BCUT2D eigenvalue weighted by Gasteiger charge is -2.23. The van der Waals surface area contributed by atoms with Gasteiger partial charge in [-0.15, -0.1) is 10.2 Å². The quantitative estimate of drug-likeness (QED) is 0.671. The predicted molar refractivity (Wildman–Crippen MR) is 102 cm³/mol. The van der Waals surface area contributed by atoms with Crippen molar-refractivity contribution in [2.24, 2.45) is 0 Å². The van der Waals surface area contributed by atoms with Crippen LogP contribution in [-0.4, -0.2) is 39.5 Å². The average molecular weight is 403 g/mol. The Morgan fingerprint density at radius 2 is 2.00 bits per heavy atom. The molecular weight excluding hydrogens is 384 g/mol. The predicted octanol–water partition coefficient (Wildman–Crippen LogP) is 4.00. The van der Waals surface area contributed by atoms with Gasteiger partial charge >= 0.3 is 0 Å². The van der Waals surface area contributed by atoms with Gasteiger partial charge in [-0.2, -0.15) is 0 Å². The molecule has 25 heavy (non-hydrogen) atoms. The van der Waals surface area contributed by atoms with Crippen molar-refractivity contribution in [1.29, 1.82) is 0 Å². The van der Waals surface area contributed by atoms with Gasteiger partial charge in [0, 0.05) is 46.9 Å². The van der Waals surface area contributed by atoms with Crippen molar-refractivity contribution in [2.75, 3.05) is 19.0 Å². The summed E-state index contributed by atoms with van der Waals surface area (Å²) in [5, 5.41) is 23.9. The fraction of sp³-hybridized carbons (Fsp3) is 0.278. The van der Waals surface area contributed by atoms with Gasteiger partial charge in [-0.1, -0.05) is 15.9 Å². The lowest BCUT2D eigenvalue weighted by molar-refractivity contribution is 0.0343. The summed E-state index contributed by atoms with van der Waals surface area (Å²) >= 11 is 3.35. The topological polar surface area (TPSA) is 80.2 Å². The van der Waals surface area contributed by atoms with E-state index in [1.165, 1.54) is 0 Å². The van der Waals surface area contributed by atoms with Crippen molar-refractivity contribution in [3.63, 3.8) is 0 Å². The van der Waals surface area contributed by atoms with Gasteiger partial charge < -0.3 is 15.2 Å². The van der Waals surface area contributed by atoms with E-state index in [4.69, 9.17) is 4.74 Å². The SMILES string of the molecule is COC(C)(C)CNc1nnc(-c2ccc(Br)cc2O)c2ccncc12. The van der Waals surface area contributed by atoms with E-state index in [-0.39, 0.29) is 11.4 Å². The number of anilines is 1. The number of ether oxygens (including phenoxy) is 1. The van der Waals surface area contributed by atoms with Crippen molar-refractivity contribution in [3.05, 3.63) is 41.1 Å². The number of rotatable bonds is 5. The van der Waals surface area contributed by atoms with Crippen LogP contribution in [0.25, 0.3) is 22.0 Å². The Bertz CT molecular complexity index is 915. The van der Waals surface area contributed by atoms with E-state index < -0.39 is 0 Å². The van der Waals surface area contributed by atoms with Crippen LogP contribution in [0.15, 0.2) is 41.1 Å². The zero-order chi connectivity index (χ0) is 18.0. The minimum absolute atomic E-state index is 0.142. The first-order chi connectivity index (χ1) is 11.9. The van der Waals surface area contributed by atoms with Gasteiger partial charge in [0.25, 0.3) is 0 Å². The van der Waals surface area contributed by atoms with Crippen LogP contribution in [-0.2, 0) is 4.74 Å². The first-order valence-corrected chi connectivity index (χ1v) is 8.59. The number of halogens is 1. The third-order valence-corrected chi connectivity index (χ3v) is 4.52. The minimum Gasteiger partial charge on any atom is -0.507 e. The third-order valence-electron chi connectivity index (χ3n) is 4.03. The summed E-state index contributed by atoms with van der Waals surface area (Å²) in [6, 6.07) is 7.17. The zero-order valence-electron chi connectivity index (χ0n) is 14.2. The number of phenolic OH excluding ortho intramolecular Hbond substituents is 1. The van der Waals surface area contributed by atoms with E-state index in [9.17, 15) is 5.11 Å². The second-order valence-corrected chi connectivity index (χ2v) is 7.21. The molecule has 1 aromatic carbocycles. The Labute approximate surface area is 154 Å². The van der Waals surface area contributed by atoms with Crippen LogP contribution in [0.4, 0.5) is 5.82 Å². The highest BCUT2D eigenvalue weighted by Gasteiger charge is 2.18. The third kappa shape index (κ3) is 3.72. The molecule has 3 rings (SSSR count). The minimum atomic E-state index is -0.334. The highest BCUT2D eigenvalue weighted by Crippen LogP contribution is 2.35. The standard InChI is InChI=1S/C18H19BrN4O2/c1-18(2,25-3)10-21-17-14-9-20-7-6-12(14)16(22-23-17)13-5-4-11(19)8-15(13)24/h4-9,24H,10H2,1-3H3,(H,21,23). The molecule has 7 heteroatoms. The first-order valence-electron chi connectivity index (χ1n) is 7.79. The fourth-order valence-corrected chi connectivity index (χ4v) is 2.75. The van der Waals surface area contributed by atoms with Crippen LogP contribution < -0.4 is 5.32 Å². The lowest BCUT2D eigenvalue weighted by Crippen LogP contribution is -2.32. The summed E-state index contributed by atoms with van der Waals surface area (Å²) in [6.07, 6.45) is 3.44. The molecule has 0 aliphatic heterocycles. The van der Waals surface area contributed by atoms with E-state index in [0.717, 1.165) is 15.2 Å². The van der Waals surface area contributed by atoms with Gasteiger partial charge in [0.2, 0.25) is 0 Å². The summed E-state index contributed by atoms with van der Waals surface area (Å²) < 4.78 is 6.23. The number of nitrogens with zero attached hydrogens (tertiary/aromatic N) is 3. The van der Waals surface area contributed by atoms with E-state index >= 15 is 0 Å². The fourth-order valence-electron chi connectivity index (χ4n) is 2.40. The number of pyridine rings is 1. The van der Waals surface area contributed by atoms with Crippen molar-refractivity contribution in [1.82, 2.24) is 15.2 Å². The molecule has 0 saturated carbocycles. The summed E-state index contributed by atoms with van der Waals surface area (Å²) in [4.78, 5) is 4.20. The van der Waals surface area contributed by atoms with Gasteiger partial charge in [-0.25, -0.2) is 0 Å². The molecule has 2 aromatic heterocycles. The maximum absolute atomic E-state index is 10.3. The zero-order valence-corrected chi connectivity index (χ0v) is 15.8. The lowest BCUT2D eigenvalue weighted by atomic mass is 10.0. The van der Waals surface area contributed by atoms with Gasteiger partial charge in [-0.05, 0) is 38.1 Å². The highest BCUT2D eigenvalue weighted by molar-refractivity contribution is 9.10. The number of nitrogens with one attached hydrogen (secondary N) is 1. The second-order valence-electron chi connectivity index (χ2n) is 6.30. The largest absolute Gasteiger partial charge is 0.507 e. The molecule has 0 fully saturated rings. The van der Waals surface area contributed by atoms with Crippen LogP contribution in [0.5, 0.6) is 5.75 Å². The molecule has 0 amide bonds. The van der Waals surface area contributed by atoms with Gasteiger partial charge in [0.05, 0.1) is 5.60 Å². The molecular formula is C18H19BrN4O2. The van der Waals surface area contributed by atoms with Gasteiger partial charge in [0.15, 0.2) is 5.82 Å². The molecule has 0 saturated heterocycles. The molecule has 2 heterocycles. The summed E-state index contributed by atoms with van der Waals surface area (Å²) in [7, 11) is 1.67. The Balaban J connectivity index is 2.07. The first kappa shape index (κ1) is 17.6. The monoisotopic (exact) mass is 402 g/mol. The molecule has 0 bridgehead atoms. The number of methoxy groups -OCH3 is 1. The van der Waals surface area contributed by atoms with E-state index in [1.54, 1.807) is 25.6 Å². The molecule has 0 spiro atoms. The smallest absolute Gasteiger partial charge is 0.158 e. The van der Waals surface area contributed by atoms with Crippen molar-refractivity contribution in [3.8, 4) is 17.0 Å². The maximum atomic E-state index is 10.3. The van der Waals surface area contributed by atoms with Crippen molar-refractivity contribution in [2.45, 2.75) is 19.4 Å². The van der Waals surface area contributed by atoms with Crippen molar-refractivity contribution < 1.29 is 9.84 Å². The Morgan fingerprint density at radius 3 is 2.72 bits per heavy atom. The molecule has 0 unspecified atom stereocenters. The highest BCUT2D eigenvalue weighted by atomic mass is 79.9. The summed E-state index contributed by atoms with van der Waals surface area (Å²) in [6.45, 7) is 4.55. The Hall–Kier alpha value is -2.25. The number of fused-ring (bicyclic) bond motifs is 1. The van der Waals surface area contributed by atoms with E-state index in [2.05, 4.69) is 36.4 Å². The average Bonchev–Trinajstić information content (AvgIpc) is 2.60. The summed E-state index contributed by atoms with van der Waals surface area (Å²) in [5.74, 6) is 0.775. The maximum Gasteiger partial charge on any atom is 0.158 e. The van der Waals surface area contributed by atoms with Crippen LogP contribution in [0.3, 0.4) is 0 Å². The number of aromatic nitrogens is 3. The molecule has 6 nitrogen and oxygen atoms in total. The van der Waals surface area contributed by atoms with Crippen LogP contribution in [0.1, 0.15) is 13.8 Å². The van der Waals surface area contributed by atoms with Crippen molar-refractivity contribution >= 4 is 32.5 Å². The Morgan fingerprint density at radius 1 is 1.20 bits per heavy atom. The number of hydrogen-bond donors (Lipinski definition) is 2. The molecule has 2 N–H and O–H groups in total. The number of aromatic hydroxyl groups is 1. The van der Waals surface area contributed by atoms with Crippen LogP contribution in [0, 0.1) is 0 Å². The molecule has 0 aliphatic rings. The molecule has 0 radical (unpaired) electrons. The van der Waals surface area contributed by atoms with Crippen LogP contribution in [0.2, 0.25) is 0 Å². The summed E-state index contributed by atoms with van der Waals surface area (Å²) in [5.41, 5.74) is 0.897. The number of benzene rings is 1. The molecule has 0 atom stereocenters.